The van der Waals surface area contributed by atoms with Crippen molar-refractivity contribution in [3.05, 3.63) is 11.7 Å². The molecule has 102 valence electrons. The van der Waals surface area contributed by atoms with Crippen LogP contribution in [-0.2, 0) is 10.3 Å². The van der Waals surface area contributed by atoms with Gasteiger partial charge in [0, 0.05) is 6.61 Å². The lowest BCUT2D eigenvalue weighted by atomic mass is 9.84. The minimum Gasteiger partial charge on any atom is -0.367 e. The average Bonchev–Trinajstić information content (AvgIpc) is 2.89. The summed E-state index contributed by atoms with van der Waals surface area (Å²) < 4.78 is 11.2. The topological polar surface area (TPSA) is 74.2 Å². The first-order valence-corrected chi connectivity index (χ1v) is 6.95. The van der Waals surface area contributed by atoms with Gasteiger partial charge in [-0.2, -0.15) is 4.98 Å². The predicted molar refractivity (Wildman–Crippen MR) is 67.9 cm³/mol. The zero-order valence-electron chi connectivity index (χ0n) is 11.3. The van der Waals surface area contributed by atoms with Gasteiger partial charge < -0.3 is 15.0 Å². The molecule has 1 aromatic heterocycles. The van der Waals surface area contributed by atoms with Crippen molar-refractivity contribution >= 4 is 0 Å². The van der Waals surface area contributed by atoms with Crippen molar-refractivity contribution in [2.75, 3.05) is 6.61 Å². The van der Waals surface area contributed by atoms with Crippen molar-refractivity contribution in [3.63, 3.8) is 0 Å². The van der Waals surface area contributed by atoms with Gasteiger partial charge in [0.15, 0.2) is 0 Å². The Balaban J connectivity index is 2.22. The van der Waals surface area contributed by atoms with Gasteiger partial charge >= 0.3 is 0 Å². The van der Waals surface area contributed by atoms with Crippen LogP contribution in [0.1, 0.15) is 70.1 Å². The van der Waals surface area contributed by atoms with Crippen LogP contribution < -0.4 is 5.73 Å². The molecule has 18 heavy (non-hydrogen) atoms. The van der Waals surface area contributed by atoms with Crippen LogP contribution in [0.3, 0.4) is 0 Å². The van der Waals surface area contributed by atoms with Crippen molar-refractivity contribution in [1.82, 2.24) is 10.1 Å². The van der Waals surface area contributed by atoms with Crippen LogP contribution in [0.4, 0.5) is 0 Å². The first kappa shape index (κ1) is 13.5. The maximum atomic E-state index is 5.96. The summed E-state index contributed by atoms with van der Waals surface area (Å²) >= 11 is 0. The second-order valence-corrected chi connectivity index (χ2v) is 4.96. The van der Waals surface area contributed by atoms with Gasteiger partial charge in [0.2, 0.25) is 11.7 Å². The van der Waals surface area contributed by atoms with Gasteiger partial charge in [0.1, 0.15) is 5.60 Å². The Labute approximate surface area is 108 Å². The van der Waals surface area contributed by atoms with Gasteiger partial charge in [-0.3, -0.25) is 0 Å². The normalized spacial score (nSPS) is 20.8. The van der Waals surface area contributed by atoms with Crippen LogP contribution in [0.15, 0.2) is 4.52 Å². The molecular weight excluding hydrogens is 230 g/mol. The third-order valence-corrected chi connectivity index (χ3v) is 3.69. The number of rotatable bonds is 5. The smallest absolute Gasteiger partial charge is 0.243 e. The Bertz CT molecular complexity index is 367. The van der Waals surface area contributed by atoms with E-state index in [9.17, 15) is 0 Å². The Morgan fingerprint density at radius 1 is 1.33 bits per heavy atom. The maximum absolute atomic E-state index is 5.96. The Hall–Kier alpha value is -0.940. The number of ether oxygens (including phenoxy) is 1. The van der Waals surface area contributed by atoms with E-state index in [0.717, 1.165) is 32.1 Å². The molecule has 0 amide bonds. The van der Waals surface area contributed by atoms with Crippen LogP contribution in [0.25, 0.3) is 0 Å². The quantitative estimate of drug-likeness (QED) is 0.873. The largest absolute Gasteiger partial charge is 0.367 e. The summed E-state index contributed by atoms with van der Waals surface area (Å²) in [7, 11) is 0. The van der Waals surface area contributed by atoms with Crippen molar-refractivity contribution in [2.45, 2.75) is 64.0 Å². The summed E-state index contributed by atoms with van der Waals surface area (Å²) in [6.45, 7) is 4.69. The first-order valence-electron chi connectivity index (χ1n) is 6.95. The van der Waals surface area contributed by atoms with Crippen molar-refractivity contribution in [1.29, 1.82) is 0 Å². The van der Waals surface area contributed by atoms with Crippen molar-refractivity contribution < 1.29 is 9.26 Å². The fourth-order valence-electron chi connectivity index (χ4n) is 2.58. The number of hydrogen-bond acceptors (Lipinski definition) is 5. The van der Waals surface area contributed by atoms with Gasteiger partial charge in [-0.25, -0.2) is 0 Å². The van der Waals surface area contributed by atoms with E-state index in [1.807, 2.05) is 13.8 Å². The third kappa shape index (κ3) is 2.57. The van der Waals surface area contributed by atoms with Crippen LogP contribution in [0.5, 0.6) is 0 Å². The fraction of sp³-hybridized carbons (Fsp3) is 0.846. The van der Waals surface area contributed by atoms with Gasteiger partial charge in [-0.05, 0) is 26.2 Å². The summed E-state index contributed by atoms with van der Waals surface area (Å²) in [5.74, 6) is 1.21. The number of nitrogens with zero attached hydrogens (tertiary/aromatic N) is 2. The molecule has 5 nitrogen and oxygen atoms in total. The standard InChI is InChI=1S/C13H23N3O2/c1-3-10(14)11-15-12(16-18-11)13(17-4-2)8-6-5-7-9-13/h10H,3-9,14H2,1-2H3/t10-/m0/s1. The highest BCUT2D eigenvalue weighted by atomic mass is 16.5. The van der Waals surface area contributed by atoms with E-state index in [4.69, 9.17) is 15.0 Å². The lowest BCUT2D eigenvalue weighted by molar-refractivity contribution is -0.0777. The minimum atomic E-state index is -0.345. The minimum absolute atomic E-state index is 0.173. The summed E-state index contributed by atoms with van der Waals surface area (Å²) in [6, 6.07) is -0.173. The van der Waals surface area contributed by atoms with Crippen LogP contribution >= 0.6 is 0 Å². The SMILES string of the molecule is CCOC1(c2noc([C@@H](N)CC)n2)CCCCC1. The molecule has 1 aromatic rings. The number of nitrogens with two attached hydrogens (primary N) is 1. The lowest BCUT2D eigenvalue weighted by Gasteiger charge is -2.33. The maximum Gasteiger partial charge on any atom is 0.243 e. The molecule has 1 fully saturated rings. The molecule has 0 spiro atoms. The second-order valence-electron chi connectivity index (χ2n) is 4.96. The van der Waals surface area contributed by atoms with E-state index >= 15 is 0 Å². The predicted octanol–water partition coefficient (Wildman–Crippen LogP) is 2.68. The van der Waals surface area contributed by atoms with Gasteiger partial charge in [0.25, 0.3) is 0 Å². The first-order chi connectivity index (χ1) is 8.72. The summed E-state index contributed by atoms with van der Waals surface area (Å²) in [6.07, 6.45) is 6.31. The molecule has 0 aliphatic heterocycles. The molecule has 0 bridgehead atoms. The molecule has 0 unspecified atom stereocenters. The summed E-state index contributed by atoms with van der Waals surface area (Å²) in [5.41, 5.74) is 5.57. The molecule has 0 saturated heterocycles. The van der Waals surface area contributed by atoms with E-state index in [1.165, 1.54) is 6.42 Å². The fourth-order valence-corrected chi connectivity index (χ4v) is 2.58. The Kier molecular flexibility index (Phi) is 4.35. The summed E-state index contributed by atoms with van der Waals surface area (Å²) in [4.78, 5) is 4.47. The van der Waals surface area contributed by atoms with E-state index in [1.54, 1.807) is 0 Å². The van der Waals surface area contributed by atoms with Crippen molar-refractivity contribution in [2.24, 2.45) is 5.73 Å². The Morgan fingerprint density at radius 3 is 2.67 bits per heavy atom. The highest BCUT2D eigenvalue weighted by molar-refractivity contribution is 5.04. The molecule has 5 heteroatoms. The molecule has 2 rings (SSSR count). The van der Waals surface area contributed by atoms with Crippen LogP contribution in [-0.4, -0.2) is 16.7 Å². The van der Waals surface area contributed by atoms with E-state index in [2.05, 4.69) is 10.1 Å². The number of aromatic nitrogens is 2. The lowest BCUT2D eigenvalue weighted by Crippen LogP contribution is -2.33. The van der Waals surface area contributed by atoms with Crippen molar-refractivity contribution in [3.8, 4) is 0 Å². The molecule has 1 heterocycles. The molecule has 1 saturated carbocycles. The van der Waals surface area contributed by atoms with E-state index < -0.39 is 0 Å². The van der Waals surface area contributed by atoms with Crippen LogP contribution in [0.2, 0.25) is 0 Å². The molecular formula is C13H23N3O2. The average molecular weight is 253 g/mol. The van der Waals surface area contributed by atoms with Crippen LogP contribution in [0, 0.1) is 0 Å². The molecule has 0 radical (unpaired) electrons. The summed E-state index contributed by atoms with van der Waals surface area (Å²) in [5, 5.41) is 4.11. The van der Waals surface area contributed by atoms with Gasteiger partial charge in [0.05, 0.1) is 6.04 Å². The molecule has 2 N–H and O–H groups in total. The molecule has 1 atom stereocenters. The van der Waals surface area contributed by atoms with Gasteiger partial charge in [-0.15, -0.1) is 0 Å². The molecule has 1 aliphatic rings. The second kappa shape index (κ2) is 5.80. The van der Waals surface area contributed by atoms with E-state index in [-0.39, 0.29) is 11.6 Å². The third-order valence-electron chi connectivity index (χ3n) is 3.69. The number of hydrogen-bond donors (Lipinski definition) is 1. The highest BCUT2D eigenvalue weighted by Gasteiger charge is 2.39. The van der Waals surface area contributed by atoms with E-state index in [0.29, 0.717) is 18.3 Å². The van der Waals surface area contributed by atoms with Gasteiger partial charge in [-0.1, -0.05) is 31.3 Å². The Morgan fingerprint density at radius 2 is 2.06 bits per heavy atom. The zero-order valence-corrected chi connectivity index (χ0v) is 11.3. The monoisotopic (exact) mass is 253 g/mol. The molecule has 1 aliphatic carbocycles. The zero-order chi connectivity index (χ0) is 13.0. The molecule has 0 aromatic carbocycles. The highest BCUT2D eigenvalue weighted by Crippen LogP contribution is 2.39.